The molecule has 3 rings (SSSR count). The van der Waals surface area contributed by atoms with Crippen molar-refractivity contribution < 1.29 is 22.7 Å². The van der Waals surface area contributed by atoms with Crippen molar-refractivity contribution in [2.75, 3.05) is 19.8 Å². The molecule has 2 aliphatic rings. The van der Waals surface area contributed by atoms with Crippen molar-refractivity contribution in [2.45, 2.75) is 68.9 Å². The van der Waals surface area contributed by atoms with Crippen LogP contribution in [0.3, 0.4) is 0 Å². The van der Waals surface area contributed by atoms with Crippen LogP contribution in [0.15, 0.2) is 17.0 Å². The van der Waals surface area contributed by atoms with Crippen molar-refractivity contribution >= 4 is 27.5 Å². The minimum Gasteiger partial charge on any atom is -0.483 e. The minimum atomic E-state index is -3.82. The van der Waals surface area contributed by atoms with Crippen LogP contribution in [0.1, 0.15) is 50.5 Å². The van der Waals surface area contributed by atoms with Crippen LogP contribution >= 0.6 is 11.6 Å². The summed E-state index contributed by atoms with van der Waals surface area (Å²) in [6.45, 7) is 2.45. The highest BCUT2D eigenvalue weighted by Crippen LogP contribution is 2.30. The van der Waals surface area contributed by atoms with Crippen molar-refractivity contribution in [1.82, 2.24) is 10.0 Å². The van der Waals surface area contributed by atoms with Gasteiger partial charge in [0.1, 0.15) is 10.6 Å². The molecule has 1 saturated carbocycles. The maximum Gasteiger partial charge on any atom is 0.258 e. The quantitative estimate of drug-likeness (QED) is 0.643. The summed E-state index contributed by atoms with van der Waals surface area (Å²) >= 11 is 6.19. The first kappa shape index (κ1) is 22.3. The molecule has 1 heterocycles. The Morgan fingerprint density at radius 1 is 1.21 bits per heavy atom. The van der Waals surface area contributed by atoms with E-state index in [1.54, 1.807) is 6.92 Å². The summed E-state index contributed by atoms with van der Waals surface area (Å²) in [6, 6.07) is 3.11. The summed E-state index contributed by atoms with van der Waals surface area (Å²) in [6.07, 6.45) is 7.09. The lowest BCUT2D eigenvalue weighted by molar-refractivity contribution is -0.124. The second-order valence-electron chi connectivity index (χ2n) is 7.73. The highest BCUT2D eigenvalue weighted by atomic mass is 35.5. The number of benzene rings is 1. The number of halogens is 1. The molecule has 2 fully saturated rings. The molecule has 1 saturated heterocycles. The second-order valence-corrected chi connectivity index (χ2v) is 9.87. The molecule has 0 unspecified atom stereocenters. The van der Waals surface area contributed by atoms with Crippen LogP contribution in [0, 0.1) is 6.92 Å². The average Bonchev–Trinajstić information content (AvgIpc) is 3.20. The molecule has 0 radical (unpaired) electrons. The Balaban J connectivity index is 1.62. The average molecular weight is 445 g/mol. The van der Waals surface area contributed by atoms with E-state index in [1.165, 1.54) is 18.6 Å². The molecule has 1 atom stereocenters. The Morgan fingerprint density at radius 3 is 2.66 bits per heavy atom. The van der Waals surface area contributed by atoms with E-state index in [0.29, 0.717) is 17.9 Å². The first-order valence-corrected chi connectivity index (χ1v) is 12.0. The monoisotopic (exact) mass is 444 g/mol. The molecule has 2 N–H and O–H groups in total. The number of rotatable bonds is 8. The van der Waals surface area contributed by atoms with Crippen LogP contribution in [0.25, 0.3) is 0 Å². The molecule has 29 heavy (non-hydrogen) atoms. The Morgan fingerprint density at radius 2 is 1.97 bits per heavy atom. The summed E-state index contributed by atoms with van der Waals surface area (Å²) in [5.41, 5.74) is 0.665. The van der Waals surface area contributed by atoms with Crippen LogP contribution in [0.5, 0.6) is 5.75 Å². The smallest absolute Gasteiger partial charge is 0.258 e. The number of hydrogen-bond donors (Lipinski definition) is 2. The van der Waals surface area contributed by atoms with Gasteiger partial charge in [-0.25, -0.2) is 13.1 Å². The number of nitrogens with one attached hydrogen (secondary N) is 2. The number of sulfonamides is 1. The Labute approximate surface area is 177 Å². The van der Waals surface area contributed by atoms with Crippen molar-refractivity contribution in [1.29, 1.82) is 0 Å². The number of carbonyl (C=O) groups is 1. The lowest BCUT2D eigenvalue weighted by Crippen LogP contribution is -2.39. The van der Waals surface area contributed by atoms with Crippen LogP contribution in [0.2, 0.25) is 5.02 Å². The van der Waals surface area contributed by atoms with Gasteiger partial charge in [0.2, 0.25) is 10.0 Å². The fourth-order valence-corrected chi connectivity index (χ4v) is 5.40. The fraction of sp³-hybridized carbons (Fsp3) is 0.650. The van der Waals surface area contributed by atoms with Crippen LogP contribution in [-0.4, -0.2) is 46.2 Å². The van der Waals surface area contributed by atoms with E-state index in [0.717, 1.165) is 38.5 Å². The van der Waals surface area contributed by atoms with E-state index >= 15 is 0 Å². The normalized spacial score (nSPS) is 20.6. The van der Waals surface area contributed by atoms with E-state index in [1.807, 2.05) is 0 Å². The number of aryl methyl sites for hydroxylation is 1. The zero-order valence-electron chi connectivity index (χ0n) is 16.7. The third-order valence-electron chi connectivity index (χ3n) is 5.37. The summed E-state index contributed by atoms with van der Waals surface area (Å²) < 4.78 is 39.0. The number of hydrogen-bond acceptors (Lipinski definition) is 5. The first-order valence-electron chi connectivity index (χ1n) is 10.2. The molecule has 1 aromatic rings. The van der Waals surface area contributed by atoms with Crippen LogP contribution < -0.4 is 14.8 Å². The van der Waals surface area contributed by atoms with E-state index in [-0.39, 0.29) is 41.1 Å². The Bertz CT molecular complexity index is 818. The highest BCUT2D eigenvalue weighted by Gasteiger charge is 2.24. The largest absolute Gasteiger partial charge is 0.483 e. The number of amides is 1. The summed E-state index contributed by atoms with van der Waals surface area (Å²) in [4.78, 5) is 12.1. The van der Waals surface area contributed by atoms with E-state index in [2.05, 4.69) is 10.0 Å². The lowest BCUT2D eigenvalue weighted by Gasteiger charge is -2.22. The molecule has 1 amide bonds. The standard InChI is InChI=1S/C20H29ClN2O5S/c1-14-10-17(21)19(29(25,26)22-12-16-8-5-9-27-16)11-18(14)28-13-20(24)23-15-6-3-2-4-7-15/h10-11,15-16,22H,2-9,12-13H2,1H3,(H,23,24)/t16-/m1/s1. The molecule has 0 bridgehead atoms. The SMILES string of the molecule is Cc1cc(Cl)c(S(=O)(=O)NC[C@H]2CCCO2)cc1OCC(=O)NC1CCCCC1. The second kappa shape index (κ2) is 10.1. The lowest BCUT2D eigenvalue weighted by atomic mass is 9.95. The van der Waals surface area contributed by atoms with Crippen molar-refractivity contribution in [2.24, 2.45) is 0 Å². The Kier molecular flexibility index (Phi) is 7.79. The van der Waals surface area contributed by atoms with Crippen LogP contribution in [0.4, 0.5) is 0 Å². The van der Waals surface area contributed by atoms with Gasteiger partial charge in [-0.15, -0.1) is 0 Å². The zero-order chi connectivity index (χ0) is 20.9. The summed E-state index contributed by atoms with van der Waals surface area (Å²) in [7, 11) is -3.82. The number of carbonyl (C=O) groups excluding carboxylic acids is 1. The molecule has 0 aromatic heterocycles. The van der Waals surface area contributed by atoms with Crippen molar-refractivity contribution in [3.05, 3.63) is 22.7 Å². The third kappa shape index (κ3) is 6.31. The van der Waals surface area contributed by atoms with E-state index < -0.39 is 10.0 Å². The topological polar surface area (TPSA) is 93.7 Å². The molecule has 9 heteroatoms. The predicted molar refractivity (Wildman–Crippen MR) is 111 cm³/mol. The molecule has 1 aliphatic carbocycles. The molecule has 7 nitrogen and oxygen atoms in total. The van der Waals surface area contributed by atoms with Gasteiger partial charge in [0.05, 0.1) is 11.1 Å². The van der Waals surface area contributed by atoms with Gasteiger partial charge in [-0.05, 0) is 44.2 Å². The maximum atomic E-state index is 12.7. The van der Waals surface area contributed by atoms with Gasteiger partial charge >= 0.3 is 0 Å². The molecule has 1 aliphatic heterocycles. The van der Waals surface area contributed by atoms with Gasteiger partial charge in [0, 0.05) is 25.3 Å². The molecule has 162 valence electrons. The predicted octanol–water partition coefficient (Wildman–Crippen LogP) is 2.93. The van der Waals surface area contributed by atoms with Gasteiger partial charge in [0.15, 0.2) is 6.61 Å². The van der Waals surface area contributed by atoms with Gasteiger partial charge < -0.3 is 14.8 Å². The van der Waals surface area contributed by atoms with E-state index in [4.69, 9.17) is 21.1 Å². The van der Waals surface area contributed by atoms with Gasteiger partial charge in [0.25, 0.3) is 5.91 Å². The summed E-state index contributed by atoms with van der Waals surface area (Å²) in [5, 5.41) is 3.09. The summed E-state index contributed by atoms with van der Waals surface area (Å²) in [5.74, 6) is 0.123. The molecule has 1 aromatic carbocycles. The first-order chi connectivity index (χ1) is 13.8. The Hall–Kier alpha value is -1.35. The highest BCUT2D eigenvalue weighted by molar-refractivity contribution is 7.89. The third-order valence-corrected chi connectivity index (χ3v) is 7.26. The number of ether oxygens (including phenoxy) is 2. The van der Waals surface area contributed by atoms with Crippen molar-refractivity contribution in [3.63, 3.8) is 0 Å². The minimum absolute atomic E-state index is 0.0644. The van der Waals surface area contributed by atoms with E-state index in [9.17, 15) is 13.2 Å². The van der Waals surface area contributed by atoms with Gasteiger partial charge in [-0.3, -0.25) is 4.79 Å². The van der Waals surface area contributed by atoms with Crippen molar-refractivity contribution in [3.8, 4) is 5.75 Å². The zero-order valence-corrected chi connectivity index (χ0v) is 18.3. The molecule has 0 spiro atoms. The molecular formula is C20H29ClN2O5S. The maximum absolute atomic E-state index is 12.7. The van der Waals surface area contributed by atoms with Gasteiger partial charge in [-0.1, -0.05) is 30.9 Å². The van der Waals surface area contributed by atoms with Gasteiger partial charge in [-0.2, -0.15) is 0 Å². The van der Waals surface area contributed by atoms with Crippen LogP contribution in [-0.2, 0) is 19.6 Å². The fourth-order valence-electron chi connectivity index (χ4n) is 3.74. The molecular weight excluding hydrogens is 416 g/mol.